The van der Waals surface area contributed by atoms with Crippen molar-refractivity contribution in [2.75, 3.05) is 19.1 Å². The Bertz CT molecular complexity index is 1020. The lowest BCUT2D eigenvalue weighted by Crippen LogP contribution is -2.58. The Labute approximate surface area is 165 Å². The molecule has 3 rings (SSSR count). The van der Waals surface area contributed by atoms with E-state index in [0.717, 1.165) is 11.1 Å². The number of ether oxygens (including phenoxy) is 2. The van der Waals surface area contributed by atoms with Crippen molar-refractivity contribution < 1.29 is 28.7 Å². The number of carbonyl (C=O) groups is 4. The number of imide groups is 2. The molecule has 2 aromatic rings. The summed E-state index contributed by atoms with van der Waals surface area (Å²) in [4.78, 5) is 53.8. The highest BCUT2D eigenvalue weighted by Gasteiger charge is 2.40. The van der Waals surface area contributed by atoms with Crippen molar-refractivity contribution in [1.29, 1.82) is 0 Å². The molecule has 0 unspecified atom stereocenters. The Morgan fingerprint density at radius 1 is 1.10 bits per heavy atom. The summed E-state index contributed by atoms with van der Waals surface area (Å²) in [6.45, 7) is 0. The molecule has 1 N–H and O–H groups in total. The molecule has 0 saturated carbocycles. The molecule has 2 aromatic carbocycles. The largest absolute Gasteiger partial charge is 0.497 e. The molecule has 0 aliphatic carbocycles. The molecule has 1 atom stereocenters. The van der Waals surface area contributed by atoms with E-state index in [2.05, 4.69) is 15.0 Å². The van der Waals surface area contributed by atoms with E-state index in [1.54, 1.807) is 36.4 Å². The predicted octanol–water partition coefficient (Wildman–Crippen LogP) is 2.08. The molecule has 1 saturated heterocycles. The summed E-state index contributed by atoms with van der Waals surface area (Å²) >= 11 is 0. The van der Waals surface area contributed by atoms with Crippen LogP contribution in [0.3, 0.4) is 0 Å². The fourth-order valence-corrected chi connectivity index (χ4v) is 2.71. The smallest absolute Gasteiger partial charge is 0.337 e. The third-order valence-electron chi connectivity index (χ3n) is 4.15. The lowest BCUT2D eigenvalue weighted by atomic mass is 10.1. The zero-order valence-electron chi connectivity index (χ0n) is 15.6. The Balaban J connectivity index is 1.88. The van der Waals surface area contributed by atoms with Gasteiger partial charge >= 0.3 is 12.0 Å². The highest BCUT2D eigenvalue weighted by atomic mass is 16.5. The first-order valence-corrected chi connectivity index (χ1v) is 8.50. The Kier molecular flexibility index (Phi) is 5.68. The maximum atomic E-state index is 12.8. The highest BCUT2D eigenvalue weighted by Crippen LogP contribution is 2.25. The van der Waals surface area contributed by atoms with Crippen molar-refractivity contribution in [3.63, 3.8) is 0 Å². The van der Waals surface area contributed by atoms with E-state index in [1.165, 1.54) is 26.4 Å². The first-order chi connectivity index (χ1) is 13.9. The Hall–Kier alpha value is -4.01. The maximum Gasteiger partial charge on any atom is 0.337 e. The van der Waals surface area contributed by atoms with Crippen LogP contribution in [0.5, 0.6) is 5.75 Å². The lowest BCUT2D eigenvalue weighted by Gasteiger charge is -2.28. The SMILES string of the molecule is COC(=O)c1cccc(N=C[C@@H]2C(=O)NC(=O)N(c3cccc(OC)c3)C2=O)c1. The van der Waals surface area contributed by atoms with Gasteiger partial charge in [-0.1, -0.05) is 12.1 Å². The van der Waals surface area contributed by atoms with Crippen LogP contribution in [0, 0.1) is 5.92 Å². The molecule has 9 heteroatoms. The van der Waals surface area contributed by atoms with Gasteiger partial charge < -0.3 is 9.47 Å². The fraction of sp³-hybridized carbons (Fsp3) is 0.150. The van der Waals surface area contributed by atoms with Gasteiger partial charge in [-0.3, -0.25) is 19.9 Å². The van der Waals surface area contributed by atoms with E-state index >= 15 is 0 Å². The summed E-state index contributed by atoms with van der Waals surface area (Å²) in [5.74, 6) is -2.94. The van der Waals surface area contributed by atoms with Crippen LogP contribution >= 0.6 is 0 Å². The van der Waals surface area contributed by atoms with Crippen LogP contribution in [0.15, 0.2) is 53.5 Å². The lowest BCUT2D eigenvalue weighted by molar-refractivity contribution is -0.131. The second kappa shape index (κ2) is 8.34. The van der Waals surface area contributed by atoms with Gasteiger partial charge in [0.05, 0.1) is 31.2 Å². The second-order valence-electron chi connectivity index (χ2n) is 5.97. The molecule has 148 valence electrons. The number of barbiturate groups is 1. The number of hydrogen-bond acceptors (Lipinski definition) is 7. The van der Waals surface area contributed by atoms with Gasteiger partial charge in [-0.05, 0) is 30.3 Å². The third kappa shape index (κ3) is 4.13. The van der Waals surface area contributed by atoms with Crippen LogP contribution in [-0.4, -0.2) is 44.2 Å². The van der Waals surface area contributed by atoms with Crippen LogP contribution in [0.1, 0.15) is 10.4 Å². The van der Waals surface area contributed by atoms with Gasteiger partial charge in [-0.15, -0.1) is 0 Å². The van der Waals surface area contributed by atoms with Crippen LogP contribution in [0.25, 0.3) is 0 Å². The van der Waals surface area contributed by atoms with Crippen molar-refractivity contribution in [2.24, 2.45) is 10.9 Å². The number of nitrogens with zero attached hydrogens (tertiary/aromatic N) is 2. The number of amides is 4. The van der Waals surface area contributed by atoms with Gasteiger partial charge in [0.2, 0.25) is 5.91 Å². The van der Waals surface area contributed by atoms with Gasteiger partial charge in [0.15, 0.2) is 5.92 Å². The number of esters is 1. The molecular formula is C20H17N3O6. The summed E-state index contributed by atoms with van der Waals surface area (Å²) in [7, 11) is 2.71. The molecular weight excluding hydrogens is 378 g/mol. The number of methoxy groups -OCH3 is 2. The average molecular weight is 395 g/mol. The van der Waals surface area contributed by atoms with Crippen molar-refractivity contribution in [2.45, 2.75) is 0 Å². The standard InChI is InChI=1S/C20H17N3O6/c1-28-15-8-4-7-14(10-15)23-18(25)16(17(24)22-20(23)27)11-21-13-6-3-5-12(9-13)19(26)29-2/h3-11,16H,1-2H3,(H,22,24,27)/t16-/m1/s1. The van der Waals surface area contributed by atoms with Gasteiger partial charge in [-0.2, -0.15) is 0 Å². The monoisotopic (exact) mass is 395 g/mol. The van der Waals surface area contributed by atoms with Gasteiger partial charge in [0.25, 0.3) is 5.91 Å². The maximum absolute atomic E-state index is 12.8. The molecule has 0 aromatic heterocycles. The van der Waals surface area contributed by atoms with E-state index in [9.17, 15) is 19.2 Å². The van der Waals surface area contributed by atoms with Crippen molar-refractivity contribution in [3.05, 3.63) is 54.1 Å². The van der Waals surface area contributed by atoms with Crippen LogP contribution in [0.2, 0.25) is 0 Å². The zero-order chi connectivity index (χ0) is 21.0. The molecule has 1 heterocycles. The van der Waals surface area contributed by atoms with E-state index < -0.39 is 29.7 Å². The predicted molar refractivity (Wildman–Crippen MR) is 103 cm³/mol. The number of hydrogen-bond donors (Lipinski definition) is 1. The minimum atomic E-state index is -1.32. The molecule has 1 aliphatic heterocycles. The number of nitrogens with one attached hydrogen (secondary N) is 1. The van der Waals surface area contributed by atoms with E-state index in [0.29, 0.717) is 11.4 Å². The van der Waals surface area contributed by atoms with Crippen LogP contribution in [0.4, 0.5) is 16.2 Å². The Morgan fingerprint density at radius 3 is 2.59 bits per heavy atom. The highest BCUT2D eigenvalue weighted by molar-refractivity contribution is 6.32. The number of urea groups is 1. The molecule has 4 amide bonds. The molecule has 1 fully saturated rings. The normalized spacial score (nSPS) is 16.7. The molecule has 0 spiro atoms. The van der Waals surface area contributed by atoms with Gasteiger partial charge in [0, 0.05) is 12.3 Å². The summed E-state index contributed by atoms with van der Waals surface area (Å²) in [5, 5.41) is 2.14. The number of rotatable bonds is 5. The van der Waals surface area contributed by atoms with Crippen molar-refractivity contribution >= 4 is 41.4 Å². The minimum Gasteiger partial charge on any atom is -0.497 e. The quantitative estimate of drug-likeness (QED) is 0.471. The number of anilines is 1. The molecule has 9 nitrogen and oxygen atoms in total. The third-order valence-corrected chi connectivity index (χ3v) is 4.15. The summed E-state index contributed by atoms with van der Waals surface area (Å²) in [6.07, 6.45) is 1.13. The second-order valence-corrected chi connectivity index (χ2v) is 5.97. The first kappa shape index (κ1) is 19.7. The number of benzene rings is 2. The van der Waals surface area contributed by atoms with Crippen LogP contribution in [-0.2, 0) is 14.3 Å². The van der Waals surface area contributed by atoms with Crippen molar-refractivity contribution in [1.82, 2.24) is 5.32 Å². The fourth-order valence-electron chi connectivity index (χ4n) is 2.71. The minimum absolute atomic E-state index is 0.255. The van der Waals surface area contributed by atoms with E-state index in [1.807, 2.05) is 0 Å². The number of aliphatic imine (C=N–C) groups is 1. The van der Waals surface area contributed by atoms with Crippen LogP contribution < -0.4 is 15.0 Å². The molecule has 29 heavy (non-hydrogen) atoms. The van der Waals surface area contributed by atoms with E-state index in [-0.39, 0.29) is 11.3 Å². The van der Waals surface area contributed by atoms with E-state index in [4.69, 9.17) is 4.74 Å². The summed E-state index contributed by atoms with van der Waals surface area (Å²) in [6, 6.07) is 11.7. The topological polar surface area (TPSA) is 114 Å². The summed E-state index contributed by atoms with van der Waals surface area (Å²) in [5.41, 5.74) is 0.874. The van der Waals surface area contributed by atoms with Gasteiger partial charge in [-0.25, -0.2) is 14.5 Å². The summed E-state index contributed by atoms with van der Waals surface area (Å²) < 4.78 is 9.76. The first-order valence-electron chi connectivity index (χ1n) is 8.50. The number of carbonyl (C=O) groups excluding carboxylic acids is 4. The molecule has 0 bridgehead atoms. The zero-order valence-corrected chi connectivity index (χ0v) is 15.6. The van der Waals surface area contributed by atoms with Gasteiger partial charge in [0.1, 0.15) is 5.75 Å². The molecule has 0 radical (unpaired) electrons. The van der Waals surface area contributed by atoms with Crippen molar-refractivity contribution in [3.8, 4) is 5.75 Å². The Morgan fingerprint density at radius 2 is 1.86 bits per heavy atom. The molecule has 1 aliphatic rings. The average Bonchev–Trinajstić information content (AvgIpc) is 2.73.